The molecule has 0 saturated heterocycles. The molecule has 1 heterocycles. The molecule has 0 amide bonds. The quantitative estimate of drug-likeness (QED) is 0.725. The lowest BCUT2D eigenvalue weighted by molar-refractivity contribution is 0.546. The van der Waals surface area contributed by atoms with Gasteiger partial charge in [0.15, 0.2) is 0 Å². The Morgan fingerprint density at radius 3 is 2.46 bits per heavy atom. The molecule has 0 aliphatic carbocycles. The second kappa shape index (κ2) is 8.14. The van der Waals surface area contributed by atoms with Crippen LogP contribution in [0.25, 0.3) is 0 Å². The Bertz CT molecular complexity index is 768. The Morgan fingerprint density at radius 1 is 1.25 bits per heavy atom. The molecule has 2 rings (SSSR count). The van der Waals surface area contributed by atoms with Gasteiger partial charge < -0.3 is 0 Å². The Balaban J connectivity index is 1.88. The van der Waals surface area contributed by atoms with Gasteiger partial charge in [-0.1, -0.05) is 37.6 Å². The lowest BCUT2D eigenvalue weighted by Gasteiger charge is -2.09. The zero-order valence-corrected chi connectivity index (χ0v) is 15.9. The minimum Gasteiger partial charge on any atom is -0.268 e. The lowest BCUT2D eigenvalue weighted by Crippen LogP contribution is -2.25. The third kappa shape index (κ3) is 5.06. The van der Waals surface area contributed by atoms with Crippen LogP contribution in [0.2, 0.25) is 5.02 Å². The molecular weight excluding hydrogens is 346 g/mol. The SMILES string of the molecule is Cc1c(Cl)cnn1CCCNS(=O)(=O)c1ccc(CC(C)C)cc1. The molecule has 132 valence electrons. The van der Waals surface area contributed by atoms with Crippen LogP contribution in [-0.4, -0.2) is 24.7 Å². The number of benzene rings is 1. The zero-order valence-electron chi connectivity index (χ0n) is 14.3. The highest BCUT2D eigenvalue weighted by molar-refractivity contribution is 7.89. The van der Waals surface area contributed by atoms with Gasteiger partial charge in [-0.15, -0.1) is 0 Å². The monoisotopic (exact) mass is 369 g/mol. The standard InChI is InChI=1S/C17H24ClN3O2S/c1-13(2)11-15-5-7-16(8-6-15)24(22,23)20-9-4-10-21-14(3)17(18)12-19-21/h5-8,12-13,20H,4,9-11H2,1-3H3. The van der Waals surface area contributed by atoms with Crippen molar-refractivity contribution >= 4 is 21.6 Å². The van der Waals surface area contributed by atoms with Crippen LogP contribution in [0.5, 0.6) is 0 Å². The van der Waals surface area contributed by atoms with Crippen LogP contribution in [-0.2, 0) is 23.0 Å². The van der Waals surface area contributed by atoms with Gasteiger partial charge in [0.25, 0.3) is 0 Å². The van der Waals surface area contributed by atoms with E-state index in [1.165, 1.54) is 0 Å². The van der Waals surface area contributed by atoms with Crippen LogP contribution >= 0.6 is 11.6 Å². The molecule has 0 unspecified atom stereocenters. The molecule has 0 bridgehead atoms. The smallest absolute Gasteiger partial charge is 0.240 e. The number of sulfonamides is 1. The van der Waals surface area contributed by atoms with Crippen LogP contribution in [0.3, 0.4) is 0 Å². The van der Waals surface area contributed by atoms with Gasteiger partial charge >= 0.3 is 0 Å². The predicted octanol–water partition coefficient (Wildman–Crippen LogP) is 3.41. The van der Waals surface area contributed by atoms with Crippen LogP contribution in [0.15, 0.2) is 35.4 Å². The van der Waals surface area contributed by atoms with E-state index in [1.807, 2.05) is 19.1 Å². The van der Waals surface area contributed by atoms with Crippen molar-refractivity contribution in [3.8, 4) is 0 Å². The molecule has 5 nitrogen and oxygen atoms in total. The summed E-state index contributed by atoms with van der Waals surface area (Å²) < 4.78 is 29.0. The molecule has 1 N–H and O–H groups in total. The zero-order chi connectivity index (χ0) is 17.7. The normalized spacial score (nSPS) is 12.0. The van der Waals surface area contributed by atoms with Crippen LogP contribution < -0.4 is 4.72 Å². The average molecular weight is 370 g/mol. The van der Waals surface area contributed by atoms with E-state index in [0.29, 0.717) is 35.3 Å². The number of nitrogens with one attached hydrogen (secondary N) is 1. The Kier molecular flexibility index (Phi) is 6.43. The maximum atomic E-state index is 12.3. The topological polar surface area (TPSA) is 64.0 Å². The fourth-order valence-corrected chi connectivity index (χ4v) is 3.66. The molecule has 0 radical (unpaired) electrons. The summed E-state index contributed by atoms with van der Waals surface area (Å²) >= 11 is 5.94. The van der Waals surface area contributed by atoms with Gasteiger partial charge in [-0.25, -0.2) is 13.1 Å². The van der Waals surface area contributed by atoms with Gasteiger partial charge in [-0.2, -0.15) is 5.10 Å². The van der Waals surface area contributed by atoms with Crippen LogP contribution in [0.1, 0.15) is 31.5 Å². The number of aryl methyl sites for hydroxylation is 1. The summed E-state index contributed by atoms with van der Waals surface area (Å²) in [5.74, 6) is 0.546. The third-order valence-corrected chi connectivity index (χ3v) is 5.61. The van der Waals surface area contributed by atoms with E-state index in [0.717, 1.165) is 17.7 Å². The highest BCUT2D eigenvalue weighted by Gasteiger charge is 2.13. The molecule has 1 aromatic carbocycles. The second-order valence-corrected chi connectivity index (χ2v) is 8.47. The molecule has 7 heteroatoms. The maximum absolute atomic E-state index is 12.3. The first-order chi connectivity index (χ1) is 11.3. The van der Waals surface area contributed by atoms with Crippen LogP contribution in [0, 0.1) is 12.8 Å². The minimum absolute atomic E-state index is 0.299. The summed E-state index contributed by atoms with van der Waals surface area (Å²) in [5, 5.41) is 4.77. The number of rotatable bonds is 8. The van der Waals surface area contributed by atoms with Gasteiger partial charge in [0.1, 0.15) is 0 Å². The molecule has 2 aromatic rings. The molecule has 1 aromatic heterocycles. The van der Waals surface area contributed by atoms with Crippen LogP contribution in [0.4, 0.5) is 0 Å². The van der Waals surface area contributed by atoms with Crippen molar-refractivity contribution in [1.29, 1.82) is 0 Å². The fourth-order valence-electron chi connectivity index (χ4n) is 2.44. The number of aromatic nitrogens is 2. The molecule has 0 fully saturated rings. The Morgan fingerprint density at radius 2 is 1.92 bits per heavy atom. The van der Waals surface area contributed by atoms with Crippen molar-refractivity contribution < 1.29 is 8.42 Å². The van der Waals surface area contributed by atoms with Crippen molar-refractivity contribution in [2.24, 2.45) is 5.92 Å². The highest BCUT2D eigenvalue weighted by atomic mass is 35.5. The van der Waals surface area contributed by atoms with E-state index in [9.17, 15) is 8.42 Å². The summed E-state index contributed by atoms with van der Waals surface area (Å²) in [5.41, 5.74) is 2.04. The number of nitrogens with zero attached hydrogens (tertiary/aromatic N) is 2. The average Bonchev–Trinajstić information content (AvgIpc) is 2.83. The summed E-state index contributed by atoms with van der Waals surface area (Å²) in [4.78, 5) is 0.299. The molecule has 0 spiro atoms. The number of halogens is 1. The van der Waals surface area contributed by atoms with E-state index in [4.69, 9.17) is 11.6 Å². The molecule has 0 atom stereocenters. The van der Waals surface area contributed by atoms with E-state index < -0.39 is 10.0 Å². The Hall–Kier alpha value is -1.37. The summed E-state index contributed by atoms with van der Waals surface area (Å²) in [6, 6.07) is 7.09. The maximum Gasteiger partial charge on any atom is 0.240 e. The number of hydrogen-bond acceptors (Lipinski definition) is 3. The van der Waals surface area contributed by atoms with Crippen molar-refractivity contribution in [1.82, 2.24) is 14.5 Å². The van der Waals surface area contributed by atoms with Gasteiger partial charge in [0, 0.05) is 13.1 Å². The van der Waals surface area contributed by atoms with Gasteiger partial charge in [0.2, 0.25) is 10.0 Å². The molecule has 0 saturated carbocycles. The van der Waals surface area contributed by atoms with Crippen molar-refractivity contribution in [2.45, 2.75) is 45.1 Å². The van der Waals surface area contributed by atoms with Gasteiger partial charge in [-0.3, -0.25) is 4.68 Å². The Labute approximate surface area is 149 Å². The predicted molar refractivity (Wildman–Crippen MR) is 96.8 cm³/mol. The largest absolute Gasteiger partial charge is 0.268 e. The van der Waals surface area contributed by atoms with Crippen molar-refractivity contribution in [3.63, 3.8) is 0 Å². The lowest BCUT2D eigenvalue weighted by atomic mass is 10.0. The first-order valence-electron chi connectivity index (χ1n) is 8.06. The number of hydrogen-bond donors (Lipinski definition) is 1. The van der Waals surface area contributed by atoms with E-state index in [-0.39, 0.29) is 0 Å². The highest BCUT2D eigenvalue weighted by Crippen LogP contribution is 2.15. The van der Waals surface area contributed by atoms with Crippen molar-refractivity contribution in [2.75, 3.05) is 6.54 Å². The van der Waals surface area contributed by atoms with Gasteiger partial charge in [0.05, 0.1) is 21.8 Å². The van der Waals surface area contributed by atoms with E-state index >= 15 is 0 Å². The summed E-state index contributed by atoms with van der Waals surface area (Å²) in [6.45, 7) is 7.14. The molecular formula is C17H24ClN3O2S. The van der Waals surface area contributed by atoms with Gasteiger partial charge in [-0.05, 0) is 43.4 Å². The third-order valence-electron chi connectivity index (χ3n) is 3.76. The van der Waals surface area contributed by atoms with E-state index in [1.54, 1.807) is 23.0 Å². The first-order valence-corrected chi connectivity index (χ1v) is 9.92. The van der Waals surface area contributed by atoms with E-state index in [2.05, 4.69) is 23.7 Å². The fraction of sp³-hybridized carbons (Fsp3) is 0.471. The molecule has 0 aliphatic heterocycles. The summed E-state index contributed by atoms with van der Waals surface area (Å²) in [6.07, 6.45) is 3.18. The van der Waals surface area contributed by atoms with Crippen molar-refractivity contribution in [3.05, 3.63) is 46.7 Å². The first kappa shape index (κ1) is 19.0. The molecule has 24 heavy (non-hydrogen) atoms. The molecule has 0 aliphatic rings. The second-order valence-electron chi connectivity index (χ2n) is 6.29. The minimum atomic E-state index is -3.47. The summed E-state index contributed by atoms with van der Waals surface area (Å²) in [7, 11) is -3.47.